The van der Waals surface area contributed by atoms with Gasteiger partial charge in [0.2, 0.25) is 10.0 Å². The van der Waals surface area contributed by atoms with Gasteiger partial charge in [0.05, 0.1) is 5.69 Å². The lowest BCUT2D eigenvalue weighted by Crippen LogP contribution is -2.23. The number of nitrogens with zero attached hydrogens (tertiary/aromatic N) is 3. The van der Waals surface area contributed by atoms with Crippen molar-refractivity contribution in [1.82, 2.24) is 19.5 Å². The first-order valence-corrected chi connectivity index (χ1v) is 7.91. The topological polar surface area (TPSA) is 76.9 Å². The first kappa shape index (κ1) is 15.0. The van der Waals surface area contributed by atoms with Gasteiger partial charge in [-0.25, -0.2) is 18.1 Å². The van der Waals surface area contributed by atoms with Crippen LogP contribution in [-0.2, 0) is 30.0 Å². The van der Waals surface area contributed by atoms with Crippen LogP contribution in [0.15, 0.2) is 29.4 Å². The molecule has 2 rings (SSSR count). The Kier molecular flexibility index (Phi) is 4.42. The van der Waals surface area contributed by atoms with E-state index in [1.165, 1.54) is 18.3 Å². The molecule has 0 fully saturated rings. The summed E-state index contributed by atoms with van der Waals surface area (Å²) in [6, 6.07) is 2.86. The highest BCUT2D eigenvalue weighted by molar-refractivity contribution is 7.89. The standard InChI is InChI=1S/C12H15ClN4O2S/c1-3-11-9(8-17(2)16-11)6-15-20(18,19)10-4-5-12(13)14-7-10/h4-5,7-8,15H,3,6H2,1-2H3. The van der Waals surface area contributed by atoms with Gasteiger partial charge in [-0.1, -0.05) is 18.5 Å². The van der Waals surface area contributed by atoms with Crippen LogP contribution in [0.2, 0.25) is 5.15 Å². The van der Waals surface area contributed by atoms with Gasteiger partial charge in [-0.2, -0.15) is 5.10 Å². The summed E-state index contributed by atoms with van der Waals surface area (Å²) in [5.74, 6) is 0. The predicted octanol–water partition coefficient (Wildman–Crippen LogP) is 1.51. The Bertz CT molecular complexity index is 695. The summed E-state index contributed by atoms with van der Waals surface area (Å²) < 4.78 is 28.4. The van der Waals surface area contributed by atoms with Crippen LogP contribution in [0, 0.1) is 0 Å². The molecule has 0 unspecified atom stereocenters. The summed E-state index contributed by atoms with van der Waals surface area (Å²) in [5.41, 5.74) is 1.74. The van der Waals surface area contributed by atoms with Crippen molar-refractivity contribution in [3.63, 3.8) is 0 Å². The molecule has 2 aromatic rings. The summed E-state index contributed by atoms with van der Waals surface area (Å²) in [6.45, 7) is 2.17. The van der Waals surface area contributed by atoms with Crippen molar-refractivity contribution in [2.75, 3.05) is 0 Å². The van der Waals surface area contributed by atoms with Crippen LogP contribution in [0.3, 0.4) is 0 Å². The van der Waals surface area contributed by atoms with Crippen molar-refractivity contribution < 1.29 is 8.42 Å². The molecule has 108 valence electrons. The van der Waals surface area contributed by atoms with Gasteiger partial charge >= 0.3 is 0 Å². The van der Waals surface area contributed by atoms with E-state index < -0.39 is 10.0 Å². The SMILES string of the molecule is CCc1nn(C)cc1CNS(=O)(=O)c1ccc(Cl)nc1. The maximum Gasteiger partial charge on any atom is 0.242 e. The lowest BCUT2D eigenvalue weighted by molar-refractivity contribution is 0.580. The third-order valence-corrected chi connectivity index (χ3v) is 4.40. The number of hydrogen-bond donors (Lipinski definition) is 1. The highest BCUT2D eigenvalue weighted by Crippen LogP contribution is 2.12. The zero-order valence-corrected chi connectivity index (χ0v) is 12.7. The third kappa shape index (κ3) is 3.36. The Morgan fingerprint density at radius 1 is 1.40 bits per heavy atom. The minimum Gasteiger partial charge on any atom is -0.275 e. The van der Waals surface area contributed by atoms with Crippen LogP contribution in [0.5, 0.6) is 0 Å². The molecule has 0 aromatic carbocycles. The summed E-state index contributed by atoms with van der Waals surface area (Å²) in [6.07, 6.45) is 3.79. The molecule has 0 bridgehead atoms. The number of hydrogen-bond acceptors (Lipinski definition) is 4. The van der Waals surface area contributed by atoms with Crippen LogP contribution in [-0.4, -0.2) is 23.2 Å². The summed E-state index contributed by atoms with van der Waals surface area (Å²) >= 11 is 5.64. The molecule has 20 heavy (non-hydrogen) atoms. The number of halogens is 1. The molecule has 0 amide bonds. The van der Waals surface area contributed by atoms with Gasteiger partial charge in [0.1, 0.15) is 10.0 Å². The number of aromatic nitrogens is 3. The van der Waals surface area contributed by atoms with Gasteiger partial charge in [-0.05, 0) is 18.6 Å². The van der Waals surface area contributed by atoms with Crippen molar-refractivity contribution in [2.24, 2.45) is 7.05 Å². The minimum atomic E-state index is -3.60. The number of nitrogens with one attached hydrogen (secondary N) is 1. The van der Waals surface area contributed by atoms with E-state index in [-0.39, 0.29) is 16.6 Å². The largest absolute Gasteiger partial charge is 0.275 e. The number of rotatable bonds is 5. The normalized spacial score (nSPS) is 11.8. The molecule has 0 aliphatic rings. The van der Waals surface area contributed by atoms with E-state index in [4.69, 9.17) is 11.6 Å². The average molecular weight is 315 g/mol. The molecule has 2 heterocycles. The number of aryl methyl sites for hydroxylation is 2. The van der Waals surface area contributed by atoms with Crippen LogP contribution >= 0.6 is 11.6 Å². The van der Waals surface area contributed by atoms with Gasteiger partial charge in [-0.3, -0.25) is 4.68 Å². The fourth-order valence-electron chi connectivity index (χ4n) is 1.81. The van der Waals surface area contributed by atoms with E-state index in [1.807, 2.05) is 13.1 Å². The third-order valence-electron chi connectivity index (χ3n) is 2.79. The zero-order valence-electron chi connectivity index (χ0n) is 11.2. The highest BCUT2D eigenvalue weighted by atomic mass is 35.5. The minimum absolute atomic E-state index is 0.0869. The van der Waals surface area contributed by atoms with Crippen LogP contribution in [0.1, 0.15) is 18.2 Å². The van der Waals surface area contributed by atoms with Crippen molar-refractivity contribution in [3.05, 3.63) is 40.9 Å². The highest BCUT2D eigenvalue weighted by Gasteiger charge is 2.15. The fourth-order valence-corrected chi connectivity index (χ4v) is 2.87. The summed E-state index contributed by atoms with van der Waals surface area (Å²) in [5, 5.41) is 4.52. The zero-order chi connectivity index (χ0) is 14.8. The molecule has 0 aliphatic carbocycles. The monoisotopic (exact) mass is 314 g/mol. The molecule has 0 saturated heterocycles. The average Bonchev–Trinajstić information content (AvgIpc) is 2.77. The second-order valence-corrected chi connectivity index (χ2v) is 6.42. The van der Waals surface area contributed by atoms with Crippen LogP contribution < -0.4 is 4.72 Å². The van der Waals surface area contributed by atoms with Crippen LogP contribution in [0.25, 0.3) is 0 Å². The Labute approximate surface area is 122 Å². The van der Waals surface area contributed by atoms with Gasteiger partial charge in [0.15, 0.2) is 0 Å². The van der Waals surface area contributed by atoms with Crippen molar-refractivity contribution in [1.29, 1.82) is 0 Å². The van der Waals surface area contributed by atoms with Crippen LogP contribution in [0.4, 0.5) is 0 Å². The molecule has 0 radical (unpaired) electrons. The molecule has 0 spiro atoms. The van der Waals surface area contributed by atoms with Gasteiger partial charge < -0.3 is 0 Å². The first-order chi connectivity index (χ1) is 9.42. The van der Waals surface area contributed by atoms with E-state index in [0.29, 0.717) is 0 Å². The molecule has 8 heteroatoms. The number of sulfonamides is 1. The van der Waals surface area contributed by atoms with Gasteiger partial charge in [-0.15, -0.1) is 0 Å². The predicted molar refractivity (Wildman–Crippen MR) is 75.9 cm³/mol. The Hall–Kier alpha value is -1.44. The molecule has 0 aliphatic heterocycles. The lowest BCUT2D eigenvalue weighted by atomic mass is 10.2. The molecule has 1 N–H and O–H groups in total. The molecular weight excluding hydrogens is 300 g/mol. The Balaban J connectivity index is 2.15. The van der Waals surface area contributed by atoms with Gasteiger partial charge in [0.25, 0.3) is 0 Å². The second-order valence-electron chi connectivity index (χ2n) is 4.27. The second kappa shape index (κ2) is 5.90. The molecule has 2 aromatic heterocycles. The molecular formula is C12H15ClN4O2S. The van der Waals surface area contributed by atoms with Crippen molar-refractivity contribution in [2.45, 2.75) is 24.8 Å². The lowest BCUT2D eigenvalue weighted by Gasteiger charge is -2.06. The van der Waals surface area contributed by atoms with E-state index in [1.54, 1.807) is 11.7 Å². The maximum absolute atomic E-state index is 12.1. The maximum atomic E-state index is 12.1. The summed E-state index contributed by atoms with van der Waals surface area (Å²) in [4.78, 5) is 3.85. The number of pyridine rings is 1. The van der Waals surface area contributed by atoms with Crippen molar-refractivity contribution in [3.8, 4) is 0 Å². The van der Waals surface area contributed by atoms with Gasteiger partial charge in [0, 0.05) is 31.5 Å². The first-order valence-electron chi connectivity index (χ1n) is 6.05. The summed E-state index contributed by atoms with van der Waals surface area (Å²) in [7, 11) is -1.79. The quantitative estimate of drug-likeness (QED) is 0.849. The Morgan fingerprint density at radius 3 is 2.75 bits per heavy atom. The van der Waals surface area contributed by atoms with E-state index in [0.717, 1.165) is 17.7 Å². The van der Waals surface area contributed by atoms with E-state index >= 15 is 0 Å². The van der Waals surface area contributed by atoms with Crippen molar-refractivity contribution >= 4 is 21.6 Å². The van der Waals surface area contributed by atoms with E-state index in [9.17, 15) is 8.42 Å². The molecule has 0 atom stereocenters. The molecule has 6 nitrogen and oxygen atoms in total. The smallest absolute Gasteiger partial charge is 0.242 e. The molecule has 0 saturated carbocycles. The fraction of sp³-hybridized carbons (Fsp3) is 0.333. The Morgan fingerprint density at radius 2 is 2.15 bits per heavy atom. The van der Waals surface area contributed by atoms with E-state index in [2.05, 4.69) is 14.8 Å².